The number of halogens is 5. The Labute approximate surface area is 210 Å². The molecule has 4 rings (SSSR count). The van der Waals surface area contributed by atoms with Crippen molar-refractivity contribution in [1.82, 2.24) is 20.0 Å². The normalized spacial score (nSPS) is 19.3. The van der Waals surface area contributed by atoms with Crippen molar-refractivity contribution < 1.29 is 36.6 Å². The number of likely N-dealkylation sites (tertiary alicyclic amines) is 1. The first-order valence-corrected chi connectivity index (χ1v) is 12.3. The van der Waals surface area contributed by atoms with E-state index in [-0.39, 0.29) is 42.4 Å². The summed E-state index contributed by atoms with van der Waals surface area (Å²) >= 11 is 0. The molecule has 2 aromatic rings. The number of nitrogens with zero attached hydrogens (tertiary/aromatic N) is 3. The average molecular weight is 529 g/mol. The molecule has 2 fully saturated rings. The van der Waals surface area contributed by atoms with Crippen molar-refractivity contribution >= 4 is 11.9 Å². The van der Waals surface area contributed by atoms with Crippen LogP contribution in [0.3, 0.4) is 0 Å². The van der Waals surface area contributed by atoms with Crippen LogP contribution in [0.25, 0.3) is 11.3 Å². The lowest BCUT2D eigenvalue weighted by Crippen LogP contribution is -2.45. The van der Waals surface area contributed by atoms with E-state index in [4.69, 9.17) is 0 Å². The van der Waals surface area contributed by atoms with Crippen LogP contribution < -0.4 is 5.32 Å². The van der Waals surface area contributed by atoms with Gasteiger partial charge in [0, 0.05) is 24.6 Å². The zero-order valence-electron chi connectivity index (χ0n) is 20.1. The van der Waals surface area contributed by atoms with E-state index in [1.807, 2.05) is 0 Å². The van der Waals surface area contributed by atoms with E-state index in [1.54, 1.807) is 4.90 Å². The minimum Gasteiger partial charge on any atom is -0.481 e. The van der Waals surface area contributed by atoms with Crippen LogP contribution in [-0.2, 0) is 11.0 Å². The highest BCUT2D eigenvalue weighted by Gasteiger charge is 2.37. The Balaban J connectivity index is 1.54. The molecule has 1 aromatic carbocycles. The molecule has 1 amide bonds. The minimum absolute atomic E-state index is 0.0958. The van der Waals surface area contributed by atoms with Gasteiger partial charge in [0.2, 0.25) is 0 Å². The van der Waals surface area contributed by atoms with Crippen molar-refractivity contribution in [3.63, 3.8) is 0 Å². The molecule has 7 nitrogen and oxygen atoms in total. The molecule has 12 heteroatoms. The summed E-state index contributed by atoms with van der Waals surface area (Å²) in [7, 11) is 0. The number of carbonyl (C=O) groups excluding carboxylic acids is 1. The Morgan fingerprint density at radius 3 is 2.54 bits per heavy atom. The van der Waals surface area contributed by atoms with Crippen molar-refractivity contribution in [3.05, 3.63) is 41.6 Å². The van der Waals surface area contributed by atoms with Gasteiger partial charge in [-0.2, -0.15) is 18.3 Å². The van der Waals surface area contributed by atoms with Gasteiger partial charge in [0.1, 0.15) is 0 Å². The van der Waals surface area contributed by atoms with Crippen molar-refractivity contribution in [1.29, 1.82) is 0 Å². The number of aromatic nitrogens is 2. The molecule has 2 aliphatic rings. The van der Waals surface area contributed by atoms with Gasteiger partial charge in [-0.3, -0.25) is 19.2 Å². The van der Waals surface area contributed by atoms with Crippen molar-refractivity contribution in [2.75, 3.05) is 19.6 Å². The van der Waals surface area contributed by atoms with Gasteiger partial charge >= 0.3 is 12.1 Å². The van der Waals surface area contributed by atoms with E-state index >= 15 is 0 Å². The SMILES string of the molecule is O=C(O)C[C@H](CCN1CCCC(F)(F)C1)NC(=O)c1cc(-c2ccccc2C(F)(F)F)n(C2CCC2)n1. The third kappa shape index (κ3) is 6.65. The fraction of sp³-hybridized carbons (Fsp3) is 0.560. The van der Waals surface area contributed by atoms with Crippen LogP contribution in [0, 0.1) is 0 Å². The summed E-state index contributed by atoms with van der Waals surface area (Å²) in [6, 6.07) is 5.36. The van der Waals surface area contributed by atoms with Crippen molar-refractivity contribution in [2.45, 2.75) is 69.1 Å². The van der Waals surface area contributed by atoms with Crippen LogP contribution in [-0.4, -0.2) is 63.3 Å². The van der Waals surface area contributed by atoms with Crippen LogP contribution in [0.1, 0.15) is 67.0 Å². The van der Waals surface area contributed by atoms with E-state index in [1.165, 1.54) is 28.9 Å². The summed E-state index contributed by atoms with van der Waals surface area (Å²) in [5.74, 6) is -4.70. The van der Waals surface area contributed by atoms with Gasteiger partial charge in [-0.25, -0.2) is 8.78 Å². The van der Waals surface area contributed by atoms with Gasteiger partial charge in [-0.05, 0) is 50.8 Å². The maximum Gasteiger partial charge on any atom is 0.417 e. The molecule has 1 aliphatic carbocycles. The van der Waals surface area contributed by atoms with Crippen LogP contribution >= 0.6 is 0 Å². The lowest BCUT2D eigenvalue weighted by atomic mass is 9.92. The first-order chi connectivity index (χ1) is 17.4. The third-order valence-corrected chi connectivity index (χ3v) is 6.92. The predicted octanol–water partition coefficient (Wildman–Crippen LogP) is 4.99. The number of alkyl halides is 5. The maximum absolute atomic E-state index is 13.7. The largest absolute Gasteiger partial charge is 0.481 e. The van der Waals surface area contributed by atoms with Crippen LogP contribution in [0.4, 0.5) is 22.0 Å². The zero-order valence-corrected chi connectivity index (χ0v) is 20.1. The van der Waals surface area contributed by atoms with Gasteiger partial charge < -0.3 is 10.4 Å². The average Bonchev–Trinajstić information content (AvgIpc) is 3.19. The molecule has 0 radical (unpaired) electrons. The van der Waals surface area contributed by atoms with Crippen LogP contribution in [0.2, 0.25) is 0 Å². The van der Waals surface area contributed by atoms with E-state index in [0.29, 0.717) is 25.8 Å². The highest BCUT2D eigenvalue weighted by Crippen LogP contribution is 2.40. The third-order valence-electron chi connectivity index (χ3n) is 6.92. The van der Waals surface area contributed by atoms with Gasteiger partial charge in [0.05, 0.1) is 30.3 Å². The van der Waals surface area contributed by atoms with Crippen molar-refractivity contribution in [2.24, 2.45) is 0 Å². The van der Waals surface area contributed by atoms with Gasteiger partial charge in [-0.1, -0.05) is 18.2 Å². The summed E-state index contributed by atoms with van der Waals surface area (Å²) in [5, 5.41) is 16.2. The molecule has 202 valence electrons. The summed E-state index contributed by atoms with van der Waals surface area (Å²) in [6.07, 6.45) is -2.46. The number of carbonyl (C=O) groups is 2. The number of carboxylic acids is 1. The molecule has 37 heavy (non-hydrogen) atoms. The van der Waals surface area contributed by atoms with Crippen LogP contribution in [0.5, 0.6) is 0 Å². The summed E-state index contributed by atoms with van der Waals surface area (Å²) in [6.45, 7) is 0.208. The smallest absolute Gasteiger partial charge is 0.417 e. The number of hydrogen-bond donors (Lipinski definition) is 2. The molecule has 2 N–H and O–H groups in total. The Bertz CT molecular complexity index is 1130. The Morgan fingerprint density at radius 1 is 1.19 bits per heavy atom. The first kappa shape index (κ1) is 27.0. The quantitative estimate of drug-likeness (QED) is 0.448. The van der Waals surface area contributed by atoms with E-state index in [2.05, 4.69) is 10.4 Å². The van der Waals surface area contributed by atoms with Gasteiger partial charge in [0.15, 0.2) is 5.69 Å². The predicted molar refractivity (Wildman–Crippen MR) is 124 cm³/mol. The highest BCUT2D eigenvalue weighted by atomic mass is 19.4. The molecule has 2 heterocycles. The Morgan fingerprint density at radius 2 is 1.92 bits per heavy atom. The number of rotatable bonds is 9. The number of nitrogens with one attached hydrogen (secondary N) is 1. The standard InChI is InChI=1S/C25H29F5N4O3/c26-24(27)10-4-11-33(15-24)12-9-16(13-22(35)36)31-23(37)20-14-21(34(32-20)17-5-3-6-17)18-7-1-2-8-19(18)25(28,29)30/h1-2,7-8,14,16-17H,3-6,9-13,15H2,(H,31,37)(H,35,36)/t16-/m0/s1. The number of amides is 1. The first-order valence-electron chi connectivity index (χ1n) is 12.3. The van der Waals surface area contributed by atoms with Crippen molar-refractivity contribution in [3.8, 4) is 11.3 Å². The summed E-state index contributed by atoms with van der Waals surface area (Å²) in [4.78, 5) is 26.0. The van der Waals surface area contributed by atoms with E-state index in [9.17, 15) is 36.6 Å². The van der Waals surface area contributed by atoms with Gasteiger partial charge in [0.25, 0.3) is 11.8 Å². The Kier molecular flexibility index (Phi) is 7.86. The number of carboxylic acid groups (broad SMARTS) is 1. The second-order valence-corrected chi connectivity index (χ2v) is 9.78. The molecule has 0 spiro atoms. The zero-order chi connectivity index (χ0) is 26.8. The molecule has 1 saturated carbocycles. The summed E-state index contributed by atoms with van der Waals surface area (Å²) in [5.41, 5.74) is -0.905. The maximum atomic E-state index is 13.7. The number of piperidine rings is 1. The minimum atomic E-state index is -4.61. The monoisotopic (exact) mass is 528 g/mol. The lowest BCUT2D eigenvalue weighted by Gasteiger charge is -2.33. The molecule has 0 unspecified atom stereocenters. The molecule has 0 bridgehead atoms. The second kappa shape index (κ2) is 10.8. The number of benzene rings is 1. The van der Waals surface area contributed by atoms with E-state index in [0.717, 1.165) is 12.5 Å². The fourth-order valence-electron chi connectivity index (χ4n) is 4.84. The van der Waals surface area contributed by atoms with Gasteiger partial charge in [-0.15, -0.1) is 0 Å². The van der Waals surface area contributed by atoms with Crippen LogP contribution in [0.15, 0.2) is 30.3 Å². The molecule has 1 aliphatic heterocycles. The highest BCUT2D eigenvalue weighted by molar-refractivity contribution is 5.94. The molecular formula is C25H29F5N4O3. The topological polar surface area (TPSA) is 87.5 Å². The lowest BCUT2D eigenvalue weighted by molar-refractivity contribution is -0.138. The Hall–Kier alpha value is -3.02. The molecular weight excluding hydrogens is 499 g/mol. The van der Waals surface area contributed by atoms with E-state index < -0.39 is 48.5 Å². The fourth-order valence-corrected chi connectivity index (χ4v) is 4.84. The summed E-state index contributed by atoms with van der Waals surface area (Å²) < 4.78 is 70.0. The molecule has 1 aromatic heterocycles. The number of aliphatic carboxylic acids is 1. The number of hydrogen-bond acceptors (Lipinski definition) is 4. The second-order valence-electron chi connectivity index (χ2n) is 9.78. The molecule has 1 saturated heterocycles. The molecule has 1 atom stereocenters.